The van der Waals surface area contributed by atoms with Gasteiger partial charge in [-0.3, -0.25) is 9.59 Å². The molecule has 1 aliphatic carbocycles. The highest BCUT2D eigenvalue weighted by molar-refractivity contribution is 7.80. The molecule has 0 saturated heterocycles. The molecule has 0 aromatic rings. The van der Waals surface area contributed by atoms with E-state index in [-0.39, 0.29) is 17.6 Å². The zero-order valence-corrected chi connectivity index (χ0v) is 17.2. The van der Waals surface area contributed by atoms with Crippen molar-refractivity contribution in [3.05, 3.63) is 0 Å². The van der Waals surface area contributed by atoms with E-state index in [0.29, 0.717) is 18.2 Å². The summed E-state index contributed by atoms with van der Waals surface area (Å²) in [5, 5.41) is 6.30. The van der Waals surface area contributed by atoms with E-state index in [4.69, 9.17) is 5.73 Å². The van der Waals surface area contributed by atoms with Crippen molar-refractivity contribution in [2.24, 2.45) is 17.6 Å². The lowest BCUT2D eigenvalue weighted by Gasteiger charge is -2.38. The molecule has 0 aromatic heterocycles. The number of rotatable bonds is 8. The first kappa shape index (κ1) is 22.5. The van der Waals surface area contributed by atoms with Crippen molar-refractivity contribution >= 4 is 24.3 Å². The number of hydrogen-bond donors (Lipinski definition) is 4. The van der Waals surface area contributed by atoms with E-state index >= 15 is 0 Å². The number of nitrogens with one attached hydrogen (secondary N) is 2. The third kappa shape index (κ3) is 6.57. The van der Waals surface area contributed by atoms with Gasteiger partial charge >= 0.3 is 0 Å². The molecule has 4 N–H and O–H groups in total. The number of hydrogen-bond acceptors (Lipinski definition) is 5. The maximum Gasteiger partial charge on any atom is 0.237 e. The standard InChI is InChI=1S/C19H37N3O2S/c1-13(2)16(20)18(24)22-15(4)17(23)19(21-11-12-25)9-6-5-7-14(3)8-10-19/h13-16,21,25H,5-12,20H2,1-4H3,(H,22,24)/t14-,15-,16-,19?/m0/s1. The predicted octanol–water partition coefficient (Wildman–Crippen LogP) is 2.29. The number of carbonyl (C=O) groups excluding carboxylic acids is 2. The Bertz CT molecular complexity index is 440. The summed E-state index contributed by atoms with van der Waals surface area (Å²) >= 11 is 4.29. The minimum absolute atomic E-state index is 0.0424. The van der Waals surface area contributed by atoms with E-state index in [0.717, 1.165) is 32.1 Å². The van der Waals surface area contributed by atoms with Crippen LogP contribution in [0.1, 0.15) is 66.2 Å². The Morgan fingerprint density at radius 2 is 1.88 bits per heavy atom. The summed E-state index contributed by atoms with van der Waals surface area (Å²) in [5.74, 6) is 1.18. The van der Waals surface area contributed by atoms with Crippen molar-refractivity contribution in [1.82, 2.24) is 10.6 Å². The van der Waals surface area contributed by atoms with E-state index in [2.05, 4.69) is 30.2 Å². The first-order chi connectivity index (χ1) is 11.7. The van der Waals surface area contributed by atoms with Gasteiger partial charge < -0.3 is 16.4 Å². The second kappa shape index (κ2) is 10.5. The highest BCUT2D eigenvalue weighted by Gasteiger charge is 2.41. The molecule has 1 fully saturated rings. The second-order valence-corrected chi connectivity index (χ2v) is 8.43. The molecule has 1 rings (SSSR count). The molecule has 0 aliphatic heterocycles. The van der Waals surface area contributed by atoms with Gasteiger partial charge in [0.1, 0.15) is 0 Å². The maximum atomic E-state index is 13.3. The lowest BCUT2D eigenvalue weighted by Crippen LogP contribution is -2.60. The highest BCUT2D eigenvalue weighted by Crippen LogP contribution is 2.31. The Labute approximate surface area is 158 Å². The predicted molar refractivity (Wildman–Crippen MR) is 107 cm³/mol. The molecule has 0 heterocycles. The lowest BCUT2D eigenvalue weighted by molar-refractivity contribution is -0.132. The summed E-state index contributed by atoms with van der Waals surface area (Å²) in [6.07, 6.45) is 6.07. The van der Waals surface area contributed by atoms with E-state index in [1.54, 1.807) is 6.92 Å². The van der Waals surface area contributed by atoms with Gasteiger partial charge in [0.2, 0.25) is 5.91 Å². The summed E-state index contributed by atoms with van der Waals surface area (Å²) < 4.78 is 0. The molecule has 0 aromatic carbocycles. The van der Waals surface area contributed by atoms with Gasteiger partial charge in [0.15, 0.2) is 5.78 Å². The third-order valence-electron chi connectivity index (χ3n) is 5.43. The van der Waals surface area contributed by atoms with Crippen LogP contribution in [-0.4, -0.2) is 41.6 Å². The third-order valence-corrected chi connectivity index (χ3v) is 5.66. The van der Waals surface area contributed by atoms with Crippen molar-refractivity contribution in [1.29, 1.82) is 0 Å². The maximum absolute atomic E-state index is 13.3. The van der Waals surface area contributed by atoms with Crippen LogP contribution in [0.25, 0.3) is 0 Å². The van der Waals surface area contributed by atoms with Gasteiger partial charge in [-0.1, -0.05) is 40.0 Å². The van der Waals surface area contributed by atoms with Crippen LogP contribution in [0, 0.1) is 11.8 Å². The number of carbonyl (C=O) groups is 2. The fourth-order valence-corrected chi connectivity index (χ4v) is 3.69. The van der Waals surface area contributed by atoms with Crippen LogP contribution in [0.2, 0.25) is 0 Å². The van der Waals surface area contributed by atoms with E-state index < -0.39 is 17.6 Å². The van der Waals surface area contributed by atoms with Crippen molar-refractivity contribution in [3.63, 3.8) is 0 Å². The summed E-state index contributed by atoms with van der Waals surface area (Å²) in [6.45, 7) is 8.53. The molecule has 146 valence electrons. The Hall–Kier alpha value is -0.590. The summed E-state index contributed by atoms with van der Waals surface area (Å²) in [6, 6.07) is -1.13. The van der Waals surface area contributed by atoms with Crippen LogP contribution in [0.3, 0.4) is 0 Å². The molecular weight excluding hydrogens is 334 g/mol. The largest absolute Gasteiger partial charge is 0.345 e. The van der Waals surface area contributed by atoms with E-state index in [1.165, 1.54) is 6.42 Å². The van der Waals surface area contributed by atoms with Crippen LogP contribution in [0.5, 0.6) is 0 Å². The first-order valence-electron chi connectivity index (χ1n) is 9.69. The van der Waals surface area contributed by atoms with Gasteiger partial charge in [0.05, 0.1) is 17.6 Å². The Balaban J connectivity index is 2.88. The number of amides is 1. The molecule has 6 heteroatoms. The van der Waals surface area contributed by atoms with Gasteiger partial charge in [-0.05, 0) is 38.0 Å². The zero-order valence-electron chi connectivity index (χ0n) is 16.3. The Morgan fingerprint density at radius 1 is 1.20 bits per heavy atom. The zero-order chi connectivity index (χ0) is 19.0. The van der Waals surface area contributed by atoms with Crippen molar-refractivity contribution in [2.45, 2.75) is 83.8 Å². The molecule has 0 spiro atoms. The van der Waals surface area contributed by atoms with Crippen molar-refractivity contribution < 1.29 is 9.59 Å². The van der Waals surface area contributed by atoms with Gasteiger partial charge in [0.25, 0.3) is 0 Å². The van der Waals surface area contributed by atoms with Crippen LogP contribution in [-0.2, 0) is 9.59 Å². The van der Waals surface area contributed by atoms with Gasteiger partial charge in [-0.2, -0.15) is 12.6 Å². The quantitative estimate of drug-likeness (QED) is 0.493. The number of Topliss-reactive ketones (excluding diaryl/α,β-unsaturated/α-hetero) is 1. The van der Waals surface area contributed by atoms with Crippen molar-refractivity contribution in [2.75, 3.05) is 12.3 Å². The number of thiol groups is 1. The van der Waals surface area contributed by atoms with E-state index in [9.17, 15) is 9.59 Å². The first-order valence-corrected chi connectivity index (χ1v) is 10.3. The topological polar surface area (TPSA) is 84.2 Å². The highest BCUT2D eigenvalue weighted by atomic mass is 32.1. The molecule has 25 heavy (non-hydrogen) atoms. The summed E-state index contributed by atoms with van der Waals surface area (Å²) in [7, 11) is 0. The molecule has 1 saturated carbocycles. The summed E-state index contributed by atoms with van der Waals surface area (Å²) in [4.78, 5) is 25.5. The number of nitrogens with two attached hydrogens (primary N) is 1. The minimum Gasteiger partial charge on any atom is -0.345 e. The average Bonchev–Trinajstić information content (AvgIpc) is 2.56. The van der Waals surface area contributed by atoms with Crippen LogP contribution in [0.4, 0.5) is 0 Å². The lowest BCUT2D eigenvalue weighted by atomic mass is 9.76. The second-order valence-electron chi connectivity index (χ2n) is 7.99. The average molecular weight is 372 g/mol. The molecule has 5 nitrogen and oxygen atoms in total. The van der Waals surface area contributed by atoms with E-state index in [1.807, 2.05) is 13.8 Å². The van der Waals surface area contributed by atoms with Gasteiger partial charge in [-0.15, -0.1) is 0 Å². The molecule has 1 unspecified atom stereocenters. The fourth-order valence-electron chi connectivity index (χ4n) is 3.58. The Morgan fingerprint density at radius 3 is 2.48 bits per heavy atom. The number of ketones is 1. The molecule has 4 atom stereocenters. The SMILES string of the molecule is CC(C)[C@H](N)C(=O)N[C@@H](C)C(=O)C1(NCCS)CCCC[C@H](C)CC1. The monoisotopic (exact) mass is 371 g/mol. The van der Waals surface area contributed by atoms with Crippen LogP contribution < -0.4 is 16.4 Å². The van der Waals surface area contributed by atoms with Gasteiger partial charge in [-0.25, -0.2) is 0 Å². The summed E-state index contributed by atoms with van der Waals surface area (Å²) in [5.41, 5.74) is 5.35. The van der Waals surface area contributed by atoms with Crippen molar-refractivity contribution in [3.8, 4) is 0 Å². The minimum atomic E-state index is -0.589. The molecule has 1 amide bonds. The van der Waals surface area contributed by atoms with Crippen LogP contribution in [0.15, 0.2) is 0 Å². The smallest absolute Gasteiger partial charge is 0.237 e. The normalized spacial score (nSPS) is 27.2. The molecule has 0 radical (unpaired) electrons. The fraction of sp³-hybridized carbons (Fsp3) is 0.895. The van der Waals surface area contributed by atoms with Gasteiger partial charge in [0, 0.05) is 12.3 Å². The molecular formula is C19H37N3O2S. The molecule has 0 bridgehead atoms. The van der Waals surface area contributed by atoms with Crippen LogP contribution >= 0.6 is 12.6 Å². The Kier molecular flexibility index (Phi) is 9.46. The molecule has 1 aliphatic rings.